The highest BCUT2D eigenvalue weighted by molar-refractivity contribution is 5.92. The van der Waals surface area contributed by atoms with Crippen LogP contribution in [0.5, 0.6) is 5.75 Å². The van der Waals surface area contributed by atoms with Crippen molar-refractivity contribution in [1.82, 2.24) is 10.1 Å². The summed E-state index contributed by atoms with van der Waals surface area (Å²) in [6.45, 7) is 1.97. The first-order chi connectivity index (χ1) is 14.2. The second-order valence-corrected chi connectivity index (χ2v) is 6.52. The van der Waals surface area contributed by atoms with E-state index in [9.17, 15) is 4.79 Å². The number of anilines is 1. The molecule has 0 unspecified atom stereocenters. The lowest BCUT2D eigenvalue weighted by atomic mass is 10.1. The largest absolute Gasteiger partial charge is 0.484 e. The van der Waals surface area contributed by atoms with Crippen molar-refractivity contribution in [3.8, 4) is 28.6 Å². The second-order valence-electron chi connectivity index (χ2n) is 6.52. The van der Waals surface area contributed by atoms with Gasteiger partial charge in [0.15, 0.2) is 6.61 Å². The van der Waals surface area contributed by atoms with E-state index < -0.39 is 0 Å². The Morgan fingerprint density at radius 3 is 2.34 bits per heavy atom. The first kappa shape index (κ1) is 18.4. The van der Waals surface area contributed by atoms with Crippen LogP contribution in [-0.4, -0.2) is 22.7 Å². The zero-order valence-corrected chi connectivity index (χ0v) is 15.8. The molecule has 29 heavy (non-hydrogen) atoms. The number of hydrogen-bond donors (Lipinski definition) is 1. The average molecular weight is 385 g/mol. The first-order valence-corrected chi connectivity index (χ1v) is 9.16. The number of amides is 1. The van der Waals surface area contributed by atoms with Crippen LogP contribution in [0.3, 0.4) is 0 Å². The molecule has 0 saturated heterocycles. The molecule has 0 atom stereocenters. The fourth-order valence-corrected chi connectivity index (χ4v) is 2.72. The lowest BCUT2D eigenvalue weighted by Gasteiger charge is -2.07. The van der Waals surface area contributed by atoms with Gasteiger partial charge >= 0.3 is 0 Å². The predicted octanol–water partition coefficient (Wildman–Crippen LogP) is 4.73. The van der Waals surface area contributed by atoms with Gasteiger partial charge in [-0.25, -0.2) is 0 Å². The van der Waals surface area contributed by atoms with Gasteiger partial charge in [0.1, 0.15) is 5.75 Å². The van der Waals surface area contributed by atoms with Crippen molar-refractivity contribution >= 4 is 11.6 Å². The van der Waals surface area contributed by atoms with Gasteiger partial charge in [0, 0.05) is 16.8 Å². The van der Waals surface area contributed by atoms with Crippen molar-refractivity contribution in [1.29, 1.82) is 0 Å². The van der Waals surface area contributed by atoms with E-state index in [-0.39, 0.29) is 12.5 Å². The van der Waals surface area contributed by atoms with Gasteiger partial charge in [-0.3, -0.25) is 4.79 Å². The number of benzene rings is 3. The minimum atomic E-state index is -0.235. The highest BCUT2D eigenvalue weighted by Crippen LogP contribution is 2.23. The zero-order chi connectivity index (χ0) is 20.1. The van der Waals surface area contributed by atoms with Crippen LogP contribution in [0.2, 0.25) is 0 Å². The van der Waals surface area contributed by atoms with E-state index in [0.29, 0.717) is 23.2 Å². The van der Waals surface area contributed by atoms with Crippen LogP contribution in [0.1, 0.15) is 5.56 Å². The number of nitrogens with zero attached hydrogens (tertiary/aromatic N) is 2. The van der Waals surface area contributed by atoms with E-state index in [1.807, 2.05) is 61.5 Å². The van der Waals surface area contributed by atoms with Crippen LogP contribution >= 0.6 is 0 Å². The number of ether oxygens (including phenoxy) is 1. The topological polar surface area (TPSA) is 77.2 Å². The van der Waals surface area contributed by atoms with Gasteiger partial charge in [0.25, 0.3) is 11.8 Å². The number of rotatable bonds is 6. The Kier molecular flexibility index (Phi) is 5.33. The molecule has 0 aliphatic rings. The maximum absolute atomic E-state index is 12.0. The van der Waals surface area contributed by atoms with Gasteiger partial charge in [-0.2, -0.15) is 4.98 Å². The van der Waals surface area contributed by atoms with Crippen molar-refractivity contribution in [2.45, 2.75) is 6.92 Å². The van der Waals surface area contributed by atoms with E-state index in [2.05, 4.69) is 15.5 Å². The molecule has 3 aromatic carbocycles. The summed E-state index contributed by atoms with van der Waals surface area (Å²) < 4.78 is 10.8. The number of carbonyl (C=O) groups excluding carboxylic acids is 1. The third kappa shape index (κ3) is 4.68. The smallest absolute Gasteiger partial charge is 0.262 e. The molecule has 0 spiro atoms. The summed E-state index contributed by atoms with van der Waals surface area (Å²) in [7, 11) is 0. The standard InChI is InChI=1S/C23H19N3O3/c1-16-7-9-17(10-8-16)22-25-23(29-26-22)18-11-13-19(14-12-18)24-21(27)15-28-20-5-3-2-4-6-20/h2-14H,15H2,1H3,(H,24,27). The fourth-order valence-electron chi connectivity index (χ4n) is 2.72. The first-order valence-electron chi connectivity index (χ1n) is 9.16. The third-order valence-corrected chi connectivity index (χ3v) is 4.26. The van der Waals surface area contributed by atoms with Crippen LogP contribution in [0, 0.1) is 6.92 Å². The molecule has 1 aromatic heterocycles. The van der Waals surface area contributed by atoms with E-state index in [1.54, 1.807) is 24.3 Å². The van der Waals surface area contributed by atoms with E-state index >= 15 is 0 Å². The van der Waals surface area contributed by atoms with Gasteiger partial charge in [-0.1, -0.05) is 53.2 Å². The summed E-state index contributed by atoms with van der Waals surface area (Å²) in [4.78, 5) is 16.5. The monoisotopic (exact) mass is 385 g/mol. The number of carbonyl (C=O) groups is 1. The Morgan fingerprint density at radius 1 is 0.931 bits per heavy atom. The number of nitrogens with one attached hydrogen (secondary N) is 1. The SMILES string of the molecule is Cc1ccc(-c2noc(-c3ccc(NC(=O)COc4ccccc4)cc3)n2)cc1. The third-order valence-electron chi connectivity index (χ3n) is 4.26. The molecule has 0 fully saturated rings. The molecule has 1 heterocycles. The molecule has 4 rings (SSSR count). The second kappa shape index (κ2) is 8.39. The highest BCUT2D eigenvalue weighted by Gasteiger charge is 2.11. The maximum Gasteiger partial charge on any atom is 0.262 e. The minimum absolute atomic E-state index is 0.0602. The molecule has 6 heteroatoms. The number of aryl methyl sites for hydroxylation is 1. The summed E-state index contributed by atoms with van der Waals surface area (Å²) in [5.41, 5.74) is 3.50. The van der Waals surface area contributed by atoms with Crippen LogP contribution in [0.25, 0.3) is 22.8 Å². The van der Waals surface area contributed by atoms with Gasteiger partial charge in [0.2, 0.25) is 5.82 Å². The summed E-state index contributed by atoms with van der Waals surface area (Å²) in [6.07, 6.45) is 0. The van der Waals surface area contributed by atoms with Crippen LogP contribution < -0.4 is 10.1 Å². The summed E-state index contributed by atoms with van der Waals surface area (Å²) in [5, 5.41) is 6.84. The van der Waals surface area contributed by atoms with Gasteiger partial charge in [0.05, 0.1) is 0 Å². The molecule has 1 amide bonds. The fraction of sp³-hybridized carbons (Fsp3) is 0.0870. The quantitative estimate of drug-likeness (QED) is 0.519. The van der Waals surface area contributed by atoms with Crippen LogP contribution in [0.15, 0.2) is 83.4 Å². The van der Waals surface area contributed by atoms with Crippen molar-refractivity contribution in [2.75, 3.05) is 11.9 Å². The Labute approximate surface area is 168 Å². The highest BCUT2D eigenvalue weighted by atomic mass is 16.5. The number of hydrogen-bond acceptors (Lipinski definition) is 5. The zero-order valence-electron chi connectivity index (χ0n) is 15.8. The van der Waals surface area contributed by atoms with Crippen molar-refractivity contribution in [2.24, 2.45) is 0 Å². The Morgan fingerprint density at radius 2 is 1.62 bits per heavy atom. The molecule has 0 aliphatic carbocycles. The lowest BCUT2D eigenvalue weighted by molar-refractivity contribution is -0.118. The predicted molar refractivity (Wildman–Crippen MR) is 110 cm³/mol. The molecule has 1 N–H and O–H groups in total. The summed E-state index contributed by atoms with van der Waals surface area (Å²) in [5.74, 6) is 1.38. The minimum Gasteiger partial charge on any atom is -0.484 e. The van der Waals surface area contributed by atoms with Crippen molar-refractivity contribution in [3.05, 3.63) is 84.4 Å². The molecule has 0 bridgehead atoms. The molecule has 4 aromatic rings. The van der Waals surface area contributed by atoms with E-state index in [4.69, 9.17) is 9.26 Å². The maximum atomic E-state index is 12.0. The Balaban J connectivity index is 1.38. The molecule has 0 radical (unpaired) electrons. The number of para-hydroxylation sites is 1. The normalized spacial score (nSPS) is 10.5. The van der Waals surface area contributed by atoms with Crippen molar-refractivity contribution < 1.29 is 14.1 Å². The number of aromatic nitrogens is 2. The molecule has 6 nitrogen and oxygen atoms in total. The average Bonchev–Trinajstić information content (AvgIpc) is 3.24. The molecule has 0 saturated carbocycles. The molecule has 144 valence electrons. The molecular formula is C23H19N3O3. The van der Waals surface area contributed by atoms with Gasteiger partial charge in [-0.15, -0.1) is 0 Å². The molecule has 0 aliphatic heterocycles. The van der Waals surface area contributed by atoms with Crippen LogP contribution in [0.4, 0.5) is 5.69 Å². The molecular weight excluding hydrogens is 366 g/mol. The summed E-state index contributed by atoms with van der Waals surface area (Å²) in [6, 6.07) is 24.3. The van der Waals surface area contributed by atoms with E-state index in [0.717, 1.165) is 11.1 Å². The van der Waals surface area contributed by atoms with Crippen LogP contribution in [-0.2, 0) is 4.79 Å². The van der Waals surface area contributed by atoms with E-state index in [1.165, 1.54) is 5.56 Å². The lowest BCUT2D eigenvalue weighted by Crippen LogP contribution is -2.20. The van der Waals surface area contributed by atoms with Gasteiger partial charge < -0.3 is 14.6 Å². The van der Waals surface area contributed by atoms with Gasteiger partial charge in [-0.05, 0) is 43.3 Å². The van der Waals surface area contributed by atoms with Crippen molar-refractivity contribution in [3.63, 3.8) is 0 Å². The Bertz CT molecular complexity index is 1090. The summed E-state index contributed by atoms with van der Waals surface area (Å²) >= 11 is 0. The Hall–Kier alpha value is -3.93.